The average molecular weight is 238 g/mol. The predicted octanol–water partition coefficient (Wildman–Crippen LogP) is 0.225. The normalized spacial score (nSPS) is 33.2. The summed E-state index contributed by atoms with van der Waals surface area (Å²) in [7, 11) is 2.10. The van der Waals surface area contributed by atoms with Gasteiger partial charge in [0.25, 0.3) is 0 Å². The summed E-state index contributed by atoms with van der Waals surface area (Å²) in [6.07, 6.45) is 4.11. The third-order valence-corrected chi connectivity index (χ3v) is 4.88. The number of fused-ring (bicyclic) bond motifs is 2. The maximum atomic E-state index is 5.81. The molecule has 0 aliphatic carbocycles. The zero-order valence-electron chi connectivity index (χ0n) is 9.57. The molecule has 1 aromatic heterocycles. The van der Waals surface area contributed by atoms with Crippen molar-refractivity contribution in [1.82, 2.24) is 14.9 Å². The molecule has 0 amide bonds. The molecular formula is C11H18N4S. The molecule has 0 aromatic carbocycles. The van der Waals surface area contributed by atoms with Crippen molar-refractivity contribution in [2.75, 3.05) is 18.1 Å². The Morgan fingerprint density at radius 3 is 3.31 bits per heavy atom. The number of nitrogens with one attached hydrogen (secondary N) is 1. The van der Waals surface area contributed by atoms with Gasteiger partial charge in [-0.1, -0.05) is 0 Å². The van der Waals surface area contributed by atoms with Crippen molar-refractivity contribution in [2.45, 2.75) is 24.4 Å². The van der Waals surface area contributed by atoms with Crippen LogP contribution in [0.2, 0.25) is 0 Å². The molecule has 16 heavy (non-hydrogen) atoms. The van der Waals surface area contributed by atoms with Crippen molar-refractivity contribution >= 4 is 11.8 Å². The van der Waals surface area contributed by atoms with Crippen molar-refractivity contribution < 1.29 is 0 Å². The van der Waals surface area contributed by atoms with E-state index in [0.29, 0.717) is 12.6 Å². The molecule has 4 nitrogen and oxygen atoms in total. The maximum absolute atomic E-state index is 5.81. The molecule has 2 aliphatic rings. The monoisotopic (exact) mass is 238 g/mol. The summed E-state index contributed by atoms with van der Waals surface area (Å²) in [5, 5.41) is 3.75. The first-order valence-corrected chi connectivity index (χ1v) is 6.97. The van der Waals surface area contributed by atoms with Crippen molar-refractivity contribution in [3.63, 3.8) is 0 Å². The van der Waals surface area contributed by atoms with Gasteiger partial charge in [-0.15, -0.1) is 0 Å². The van der Waals surface area contributed by atoms with Gasteiger partial charge in [0.05, 0.1) is 23.3 Å². The van der Waals surface area contributed by atoms with Gasteiger partial charge in [-0.2, -0.15) is 11.8 Å². The van der Waals surface area contributed by atoms with Crippen LogP contribution in [0.4, 0.5) is 0 Å². The molecule has 2 unspecified atom stereocenters. The second-order valence-corrected chi connectivity index (χ2v) is 5.92. The summed E-state index contributed by atoms with van der Waals surface area (Å²) in [5.41, 5.74) is 8.59. The number of rotatable bonds is 1. The first-order valence-electron chi connectivity index (χ1n) is 5.81. The highest BCUT2D eigenvalue weighted by Crippen LogP contribution is 2.40. The van der Waals surface area contributed by atoms with Gasteiger partial charge in [0.2, 0.25) is 0 Å². The minimum Gasteiger partial charge on any atom is -0.336 e. The minimum atomic E-state index is 0.132. The van der Waals surface area contributed by atoms with E-state index in [1.54, 1.807) is 0 Å². The number of hydrogen-bond acceptors (Lipinski definition) is 4. The van der Waals surface area contributed by atoms with E-state index in [1.165, 1.54) is 23.6 Å². The van der Waals surface area contributed by atoms with E-state index in [9.17, 15) is 0 Å². The van der Waals surface area contributed by atoms with Gasteiger partial charge >= 0.3 is 0 Å². The SMILES string of the molecule is Cn1cnc2c1C1(CCSC1)NC(CN)C2. The molecule has 0 saturated carbocycles. The molecule has 2 atom stereocenters. The standard InChI is InChI=1S/C11H18N4S/c1-15-7-13-9-4-8(5-12)14-11(10(9)15)2-3-16-6-11/h7-8,14H,2-6,12H2,1H3. The zero-order valence-corrected chi connectivity index (χ0v) is 10.4. The van der Waals surface area contributed by atoms with E-state index in [1.807, 2.05) is 18.1 Å². The van der Waals surface area contributed by atoms with Gasteiger partial charge < -0.3 is 15.6 Å². The number of aryl methyl sites for hydroxylation is 1. The number of hydrogen-bond donors (Lipinski definition) is 2. The van der Waals surface area contributed by atoms with Crippen molar-refractivity contribution in [2.24, 2.45) is 12.8 Å². The van der Waals surface area contributed by atoms with E-state index in [-0.39, 0.29) is 5.54 Å². The lowest BCUT2D eigenvalue weighted by molar-refractivity contribution is 0.282. The summed E-state index contributed by atoms with van der Waals surface area (Å²) < 4.78 is 2.18. The lowest BCUT2D eigenvalue weighted by atomic mass is 9.85. The minimum absolute atomic E-state index is 0.132. The summed E-state index contributed by atoms with van der Waals surface area (Å²) in [4.78, 5) is 4.53. The second kappa shape index (κ2) is 3.75. The van der Waals surface area contributed by atoms with Gasteiger partial charge in [-0.3, -0.25) is 0 Å². The number of imidazole rings is 1. The van der Waals surface area contributed by atoms with E-state index in [0.717, 1.165) is 12.2 Å². The molecule has 1 fully saturated rings. The van der Waals surface area contributed by atoms with Crippen LogP contribution in [-0.2, 0) is 19.0 Å². The van der Waals surface area contributed by atoms with E-state index < -0.39 is 0 Å². The van der Waals surface area contributed by atoms with E-state index in [4.69, 9.17) is 5.73 Å². The van der Waals surface area contributed by atoms with E-state index >= 15 is 0 Å². The number of nitrogens with zero attached hydrogens (tertiary/aromatic N) is 2. The predicted molar refractivity (Wildman–Crippen MR) is 66.5 cm³/mol. The number of nitrogens with two attached hydrogens (primary N) is 1. The van der Waals surface area contributed by atoms with E-state index in [2.05, 4.69) is 21.9 Å². The van der Waals surface area contributed by atoms with Crippen LogP contribution in [0.15, 0.2) is 6.33 Å². The van der Waals surface area contributed by atoms with Crippen LogP contribution in [0.25, 0.3) is 0 Å². The molecular weight excluding hydrogens is 220 g/mol. The molecule has 0 radical (unpaired) electrons. The quantitative estimate of drug-likeness (QED) is 0.735. The molecule has 0 bridgehead atoms. The Bertz CT molecular complexity index is 395. The Balaban J connectivity index is 2.07. The number of thioether (sulfide) groups is 1. The van der Waals surface area contributed by atoms with Gasteiger partial charge in [0.1, 0.15) is 0 Å². The highest BCUT2D eigenvalue weighted by molar-refractivity contribution is 7.99. The Kier molecular flexibility index (Phi) is 2.49. The molecule has 1 aromatic rings. The fourth-order valence-corrected chi connectivity index (χ4v) is 4.34. The Morgan fingerprint density at radius 1 is 1.75 bits per heavy atom. The molecule has 1 saturated heterocycles. The van der Waals surface area contributed by atoms with Gasteiger partial charge in [-0.05, 0) is 12.2 Å². The third-order valence-electron chi connectivity index (χ3n) is 3.69. The summed E-state index contributed by atoms with van der Waals surface area (Å²) in [5.74, 6) is 2.38. The van der Waals surface area contributed by atoms with Crippen molar-refractivity contribution in [1.29, 1.82) is 0 Å². The molecule has 3 heterocycles. The smallest absolute Gasteiger partial charge is 0.0949 e. The van der Waals surface area contributed by atoms with Crippen LogP contribution < -0.4 is 11.1 Å². The molecule has 2 aliphatic heterocycles. The van der Waals surface area contributed by atoms with Crippen LogP contribution in [0.1, 0.15) is 17.8 Å². The fraction of sp³-hybridized carbons (Fsp3) is 0.727. The second-order valence-electron chi connectivity index (χ2n) is 4.82. The Morgan fingerprint density at radius 2 is 2.62 bits per heavy atom. The largest absolute Gasteiger partial charge is 0.336 e. The van der Waals surface area contributed by atoms with Crippen LogP contribution in [0, 0.1) is 0 Å². The average Bonchev–Trinajstić information content (AvgIpc) is 2.87. The highest BCUT2D eigenvalue weighted by atomic mass is 32.2. The molecule has 3 N–H and O–H groups in total. The molecule has 3 rings (SSSR count). The van der Waals surface area contributed by atoms with Crippen LogP contribution in [-0.4, -0.2) is 33.6 Å². The lowest BCUT2D eigenvalue weighted by Gasteiger charge is -2.39. The fourth-order valence-electron chi connectivity index (χ4n) is 2.99. The van der Waals surface area contributed by atoms with Crippen LogP contribution in [0.5, 0.6) is 0 Å². The maximum Gasteiger partial charge on any atom is 0.0949 e. The molecule has 1 spiro atoms. The van der Waals surface area contributed by atoms with Gasteiger partial charge in [0, 0.05) is 31.8 Å². The lowest BCUT2D eigenvalue weighted by Crippen LogP contribution is -2.56. The topological polar surface area (TPSA) is 55.9 Å². The zero-order chi connectivity index (χ0) is 11.2. The van der Waals surface area contributed by atoms with Crippen molar-refractivity contribution in [3.05, 3.63) is 17.7 Å². The summed E-state index contributed by atoms with van der Waals surface area (Å²) >= 11 is 2.02. The Hall–Kier alpha value is -0.520. The first kappa shape index (κ1) is 10.6. The molecule has 88 valence electrons. The summed E-state index contributed by atoms with van der Waals surface area (Å²) in [6, 6.07) is 0.390. The van der Waals surface area contributed by atoms with Gasteiger partial charge in [-0.25, -0.2) is 4.98 Å². The summed E-state index contributed by atoms with van der Waals surface area (Å²) in [6.45, 7) is 0.697. The first-order chi connectivity index (χ1) is 7.75. The van der Waals surface area contributed by atoms with Crippen LogP contribution >= 0.6 is 11.8 Å². The van der Waals surface area contributed by atoms with Crippen molar-refractivity contribution in [3.8, 4) is 0 Å². The van der Waals surface area contributed by atoms with Gasteiger partial charge in [0.15, 0.2) is 0 Å². The highest BCUT2D eigenvalue weighted by Gasteiger charge is 2.44. The van der Waals surface area contributed by atoms with Crippen LogP contribution in [0.3, 0.4) is 0 Å². The Labute approximate surface area is 100.0 Å². The number of aromatic nitrogens is 2. The molecule has 5 heteroatoms. The third kappa shape index (κ3) is 1.42.